The molecule has 1 fully saturated rings. The van der Waals surface area contributed by atoms with Gasteiger partial charge in [0.15, 0.2) is 5.58 Å². The zero-order valence-electron chi connectivity index (χ0n) is 20.5. The van der Waals surface area contributed by atoms with E-state index in [2.05, 4.69) is 50.8 Å². The summed E-state index contributed by atoms with van der Waals surface area (Å²) in [6.45, 7) is 10.2. The Kier molecular flexibility index (Phi) is 5.05. The van der Waals surface area contributed by atoms with Gasteiger partial charge in [0.2, 0.25) is 5.89 Å². The molecule has 0 spiro atoms. The minimum atomic E-state index is -0.252. The van der Waals surface area contributed by atoms with E-state index in [0.29, 0.717) is 13.1 Å². The van der Waals surface area contributed by atoms with Crippen LogP contribution in [-0.4, -0.2) is 22.6 Å². The van der Waals surface area contributed by atoms with Gasteiger partial charge in [-0.05, 0) is 42.0 Å². The van der Waals surface area contributed by atoms with Crippen LogP contribution < -0.4 is 10.5 Å². The van der Waals surface area contributed by atoms with Gasteiger partial charge in [0.1, 0.15) is 17.1 Å². The highest BCUT2D eigenvalue weighted by molar-refractivity contribution is 5.95. The molecule has 0 radical (unpaired) electrons. The van der Waals surface area contributed by atoms with E-state index in [1.807, 2.05) is 30.3 Å². The largest absolute Gasteiger partial charge is 0.440 e. The lowest BCUT2D eigenvalue weighted by molar-refractivity contribution is 0.292. The Morgan fingerprint density at radius 2 is 1.82 bits per heavy atom. The van der Waals surface area contributed by atoms with E-state index in [0.717, 1.165) is 46.4 Å². The molecule has 1 aliphatic heterocycles. The first-order chi connectivity index (χ1) is 16.1. The Hall–Kier alpha value is -3.59. The molecule has 5 rings (SSSR count). The molecule has 0 atom stereocenters. The van der Waals surface area contributed by atoms with Crippen LogP contribution in [0.25, 0.3) is 22.0 Å². The number of anilines is 1. The number of hydrogen-bond acceptors (Lipinski definition) is 5. The van der Waals surface area contributed by atoms with Crippen LogP contribution in [0.15, 0.2) is 51.7 Å². The molecule has 174 valence electrons. The second kappa shape index (κ2) is 7.73. The van der Waals surface area contributed by atoms with Crippen molar-refractivity contribution >= 4 is 27.7 Å². The van der Waals surface area contributed by atoms with Gasteiger partial charge in [0.05, 0.1) is 11.2 Å². The number of aryl methyl sites for hydroxylation is 1. The highest BCUT2D eigenvalue weighted by Gasteiger charge is 2.37. The van der Waals surface area contributed by atoms with Crippen molar-refractivity contribution in [2.24, 2.45) is 7.05 Å². The smallest absolute Gasteiger partial charge is 0.270 e. The van der Waals surface area contributed by atoms with Crippen molar-refractivity contribution in [3.8, 4) is 6.07 Å². The summed E-state index contributed by atoms with van der Waals surface area (Å²) in [6, 6.07) is 16.2. The fraction of sp³-hybridized carbons (Fsp3) is 0.393. The van der Waals surface area contributed by atoms with Crippen molar-refractivity contribution in [3.63, 3.8) is 0 Å². The Morgan fingerprint density at radius 3 is 2.50 bits per heavy atom. The number of rotatable bonds is 2. The summed E-state index contributed by atoms with van der Waals surface area (Å²) in [4.78, 5) is 20.0. The fourth-order valence-corrected chi connectivity index (χ4v) is 5.00. The summed E-state index contributed by atoms with van der Waals surface area (Å²) in [5.74, 6) is 0.766. The number of fused-ring (bicyclic) bond motifs is 2. The van der Waals surface area contributed by atoms with Crippen LogP contribution in [0.4, 0.5) is 5.69 Å². The summed E-state index contributed by atoms with van der Waals surface area (Å²) in [7, 11) is 1.72. The summed E-state index contributed by atoms with van der Waals surface area (Å²) in [5.41, 5.74) is 4.34. The SMILES string of the molecule is Cn1c(=O)c(C#N)c(N2CCC(C)(c3nc4cc(C(C)(C)C)ccc4o3)CC2)c2ccccc21. The van der Waals surface area contributed by atoms with Gasteiger partial charge >= 0.3 is 0 Å². The van der Waals surface area contributed by atoms with E-state index in [4.69, 9.17) is 9.40 Å². The minimum absolute atomic E-state index is 0.0521. The van der Waals surface area contributed by atoms with Crippen LogP contribution >= 0.6 is 0 Å². The molecule has 6 heteroatoms. The van der Waals surface area contributed by atoms with Crippen LogP contribution in [0.2, 0.25) is 0 Å². The van der Waals surface area contributed by atoms with Crippen molar-refractivity contribution < 1.29 is 4.42 Å². The van der Waals surface area contributed by atoms with E-state index in [9.17, 15) is 10.1 Å². The molecule has 34 heavy (non-hydrogen) atoms. The van der Waals surface area contributed by atoms with E-state index < -0.39 is 0 Å². The molecule has 0 N–H and O–H groups in total. The van der Waals surface area contributed by atoms with Crippen LogP contribution in [0, 0.1) is 11.3 Å². The highest BCUT2D eigenvalue weighted by atomic mass is 16.3. The average Bonchev–Trinajstić information content (AvgIpc) is 3.26. The van der Waals surface area contributed by atoms with Crippen molar-refractivity contribution in [2.75, 3.05) is 18.0 Å². The predicted molar refractivity (Wildman–Crippen MR) is 135 cm³/mol. The Bertz CT molecular complexity index is 1510. The van der Waals surface area contributed by atoms with Crippen molar-refractivity contribution in [3.05, 3.63) is 69.8 Å². The number of nitrogens with zero attached hydrogens (tertiary/aromatic N) is 4. The first-order valence-corrected chi connectivity index (χ1v) is 11.8. The third kappa shape index (κ3) is 3.47. The van der Waals surface area contributed by atoms with Gasteiger partial charge in [-0.3, -0.25) is 4.79 Å². The maximum atomic E-state index is 12.9. The van der Waals surface area contributed by atoms with E-state index in [1.165, 1.54) is 5.56 Å². The third-order valence-electron chi connectivity index (χ3n) is 7.34. The molecule has 2 aromatic carbocycles. The molecular weight excluding hydrogens is 424 g/mol. The van der Waals surface area contributed by atoms with Gasteiger partial charge in [0, 0.05) is 30.9 Å². The molecule has 0 bridgehead atoms. The number of aromatic nitrogens is 2. The molecule has 2 aromatic heterocycles. The molecule has 0 amide bonds. The van der Waals surface area contributed by atoms with Crippen molar-refractivity contribution in [2.45, 2.75) is 51.4 Å². The normalized spacial score (nSPS) is 16.2. The maximum Gasteiger partial charge on any atom is 0.270 e. The lowest BCUT2D eigenvalue weighted by Gasteiger charge is -2.39. The number of benzene rings is 2. The van der Waals surface area contributed by atoms with Gasteiger partial charge in [-0.25, -0.2) is 4.98 Å². The summed E-state index contributed by atoms with van der Waals surface area (Å²) in [6.07, 6.45) is 1.64. The number of oxazole rings is 1. The molecule has 0 saturated carbocycles. The highest BCUT2D eigenvalue weighted by Crippen LogP contribution is 2.39. The Labute approximate surface area is 199 Å². The minimum Gasteiger partial charge on any atom is -0.440 e. The van der Waals surface area contributed by atoms with E-state index >= 15 is 0 Å². The van der Waals surface area contributed by atoms with E-state index in [-0.39, 0.29) is 22.0 Å². The van der Waals surface area contributed by atoms with Crippen molar-refractivity contribution in [1.29, 1.82) is 5.26 Å². The Morgan fingerprint density at radius 1 is 1.12 bits per heavy atom. The second-order valence-electron chi connectivity index (χ2n) is 10.7. The number of hydrogen-bond donors (Lipinski definition) is 0. The average molecular weight is 455 g/mol. The Balaban J connectivity index is 1.49. The van der Waals surface area contributed by atoms with Gasteiger partial charge in [-0.15, -0.1) is 0 Å². The molecule has 0 unspecified atom stereocenters. The monoisotopic (exact) mass is 454 g/mol. The molecule has 6 nitrogen and oxygen atoms in total. The van der Waals surface area contributed by atoms with Crippen LogP contribution in [-0.2, 0) is 17.9 Å². The molecule has 0 aliphatic carbocycles. The summed E-state index contributed by atoms with van der Waals surface area (Å²) in [5, 5.41) is 10.8. The number of nitriles is 1. The molecule has 1 saturated heterocycles. The van der Waals surface area contributed by atoms with Crippen LogP contribution in [0.3, 0.4) is 0 Å². The molecular formula is C28H30N4O2. The molecule has 3 heterocycles. The zero-order chi connectivity index (χ0) is 24.3. The van der Waals surface area contributed by atoms with Gasteiger partial charge in [0.25, 0.3) is 5.56 Å². The first kappa shape index (κ1) is 22.2. The second-order valence-corrected chi connectivity index (χ2v) is 10.7. The topological polar surface area (TPSA) is 75.1 Å². The number of piperidine rings is 1. The number of pyridine rings is 1. The molecule has 4 aromatic rings. The maximum absolute atomic E-state index is 12.9. The van der Waals surface area contributed by atoms with Crippen molar-refractivity contribution in [1.82, 2.24) is 9.55 Å². The van der Waals surface area contributed by atoms with Crippen LogP contribution in [0.1, 0.15) is 57.6 Å². The third-order valence-corrected chi connectivity index (χ3v) is 7.34. The van der Waals surface area contributed by atoms with Gasteiger partial charge in [-0.1, -0.05) is 52.0 Å². The number of para-hydroxylation sites is 1. The van der Waals surface area contributed by atoms with Gasteiger partial charge < -0.3 is 13.9 Å². The van der Waals surface area contributed by atoms with Gasteiger partial charge in [-0.2, -0.15) is 5.26 Å². The predicted octanol–water partition coefficient (Wildman–Crippen LogP) is 5.41. The lowest BCUT2D eigenvalue weighted by atomic mass is 9.80. The van der Waals surface area contributed by atoms with Crippen LogP contribution in [0.5, 0.6) is 0 Å². The fourth-order valence-electron chi connectivity index (χ4n) is 5.00. The summed E-state index contributed by atoms with van der Waals surface area (Å²) >= 11 is 0. The standard InChI is InChI=1S/C28H30N4O2/c1-27(2,3)18-10-11-23-21(16-18)30-26(34-23)28(4)12-14-32(15-13-28)24-19-8-6-7-9-22(19)31(5)25(33)20(24)17-29/h6-11,16H,12-15H2,1-5H3. The van der Waals surface area contributed by atoms with E-state index in [1.54, 1.807) is 11.6 Å². The quantitative estimate of drug-likeness (QED) is 0.405. The zero-order valence-corrected chi connectivity index (χ0v) is 20.5. The molecule has 1 aliphatic rings. The lowest BCUT2D eigenvalue weighted by Crippen LogP contribution is -2.42. The first-order valence-electron chi connectivity index (χ1n) is 11.8. The summed E-state index contributed by atoms with van der Waals surface area (Å²) < 4.78 is 7.80.